The average Bonchev–Trinajstić information content (AvgIpc) is 2.88. The minimum Gasteiger partial charge on any atom is -0.419 e. The van der Waals surface area contributed by atoms with Gasteiger partial charge < -0.3 is 4.42 Å². The van der Waals surface area contributed by atoms with Crippen LogP contribution in [0.1, 0.15) is 32.6 Å². The maximum atomic E-state index is 5.76. The van der Waals surface area contributed by atoms with E-state index < -0.39 is 0 Å². The predicted octanol–water partition coefficient (Wildman–Crippen LogP) is 4.54. The van der Waals surface area contributed by atoms with Gasteiger partial charge in [-0.1, -0.05) is 35.8 Å². The molecule has 0 aliphatic heterocycles. The van der Waals surface area contributed by atoms with Crippen molar-refractivity contribution < 1.29 is 4.42 Å². The topological polar surface area (TPSA) is 42.2 Å². The van der Waals surface area contributed by atoms with Crippen molar-refractivity contribution in [1.82, 2.24) is 15.1 Å². The molecule has 0 bridgehead atoms. The van der Waals surface area contributed by atoms with Crippen LogP contribution in [0.3, 0.4) is 0 Å². The van der Waals surface area contributed by atoms with E-state index in [-0.39, 0.29) is 12.4 Å². The smallest absolute Gasteiger partial charge is 0.247 e. The standard InChI is InChI=1S/C15H20BrN3O.ClH/c1-3-8-19(9-4-2)11-14-17-18-15(20-14)12-6-5-7-13(16)10-12;/h5-7,10H,3-4,8-9,11H2,1-2H3;1H. The maximum Gasteiger partial charge on any atom is 0.247 e. The average molecular weight is 375 g/mol. The van der Waals surface area contributed by atoms with E-state index in [0.29, 0.717) is 11.8 Å². The van der Waals surface area contributed by atoms with Crippen LogP contribution in [-0.4, -0.2) is 28.2 Å². The lowest BCUT2D eigenvalue weighted by molar-refractivity contribution is 0.240. The third-order valence-electron chi connectivity index (χ3n) is 2.98. The maximum absolute atomic E-state index is 5.76. The van der Waals surface area contributed by atoms with Gasteiger partial charge in [-0.15, -0.1) is 22.6 Å². The molecule has 1 heterocycles. The molecule has 4 nitrogen and oxygen atoms in total. The fourth-order valence-electron chi connectivity index (χ4n) is 2.15. The number of rotatable bonds is 7. The summed E-state index contributed by atoms with van der Waals surface area (Å²) in [5.41, 5.74) is 0.940. The molecule has 116 valence electrons. The quantitative estimate of drug-likeness (QED) is 0.713. The van der Waals surface area contributed by atoms with E-state index in [1.54, 1.807) is 0 Å². The summed E-state index contributed by atoms with van der Waals surface area (Å²) in [6, 6.07) is 7.89. The van der Waals surface area contributed by atoms with Gasteiger partial charge in [-0.25, -0.2) is 0 Å². The second kappa shape index (κ2) is 9.18. The van der Waals surface area contributed by atoms with E-state index in [4.69, 9.17) is 4.42 Å². The van der Waals surface area contributed by atoms with Crippen LogP contribution in [0.4, 0.5) is 0 Å². The highest BCUT2D eigenvalue weighted by Gasteiger charge is 2.12. The second-order valence-corrected chi connectivity index (χ2v) is 5.70. The molecule has 0 aliphatic rings. The van der Waals surface area contributed by atoms with Crippen LogP contribution >= 0.6 is 28.3 Å². The molecule has 0 spiro atoms. The number of nitrogens with zero attached hydrogens (tertiary/aromatic N) is 3. The Hall–Kier alpha value is -0.910. The van der Waals surface area contributed by atoms with Gasteiger partial charge in [0, 0.05) is 10.0 Å². The number of hydrogen-bond donors (Lipinski definition) is 0. The zero-order valence-electron chi connectivity index (χ0n) is 12.4. The molecular weight excluding hydrogens is 354 g/mol. The molecule has 6 heteroatoms. The van der Waals surface area contributed by atoms with Crippen molar-refractivity contribution in [3.05, 3.63) is 34.6 Å². The Kier molecular flexibility index (Phi) is 7.93. The minimum absolute atomic E-state index is 0. The Bertz CT molecular complexity index is 541. The first-order chi connectivity index (χ1) is 9.72. The zero-order valence-corrected chi connectivity index (χ0v) is 14.8. The van der Waals surface area contributed by atoms with Crippen LogP contribution in [0.5, 0.6) is 0 Å². The number of hydrogen-bond acceptors (Lipinski definition) is 4. The lowest BCUT2D eigenvalue weighted by Crippen LogP contribution is -2.25. The summed E-state index contributed by atoms with van der Waals surface area (Å²) in [5, 5.41) is 8.29. The van der Waals surface area contributed by atoms with Gasteiger partial charge in [0.15, 0.2) is 0 Å². The molecule has 2 rings (SSSR count). The number of aromatic nitrogens is 2. The summed E-state index contributed by atoms with van der Waals surface area (Å²) in [6.07, 6.45) is 2.26. The second-order valence-electron chi connectivity index (χ2n) is 4.79. The van der Waals surface area contributed by atoms with Crippen molar-refractivity contribution in [2.24, 2.45) is 0 Å². The van der Waals surface area contributed by atoms with Crippen LogP contribution in [0.2, 0.25) is 0 Å². The van der Waals surface area contributed by atoms with Crippen molar-refractivity contribution in [2.45, 2.75) is 33.2 Å². The fourth-order valence-corrected chi connectivity index (χ4v) is 2.55. The lowest BCUT2D eigenvalue weighted by Gasteiger charge is -2.18. The first kappa shape index (κ1) is 18.1. The molecule has 2 aromatic rings. The van der Waals surface area contributed by atoms with E-state index in [9.17, 15) is 0 Å². The molecule has 1 aromatic heterocycles. The molecule has 0 radical (unpaired) electrons. The molecule has 0 saturated carbocycles. The van der Waals surface area contributed by atoms with E-state index in [1.807, 2.05) is 24.3 Å². The summed E-state index contributed by atoms with van der Waals surface area (Å²) in [4.78, 5) is 2.35. The van der Waals surface area contributed by atoms with Gasteiger partial charge in [-0.3, -0.25) is 4.90 Å². The monoisotopic (exact) mass is 373 g/mol. The molecule has 0 aliphatic carbocycles. The van der Waals surface area contributed by atoms with E-state index in [1.165, 1.54) is 0 Å². The molecule has 0 fully saturated rings. The third-order valence-corrected chi connectivity index (χ3v) is 3.47. The molecule has 0 saturated heterocycles. The molecule has 0 atom stereocenters. The zero-order chi connectivity index (χ0) is 14.4. The van der Waals surface area contributed by atoms with Crippen LogP contribution in [0.25, 0.3) is 11.5 Å². The molecule has 0 amide bonds. The molecule has 21 heavy (non-hydrogen) atoms. The molecule has 0 N–H and O–H groups in total. The number of halogens is 2. The van der Waals surface area contributed by atoms with Crippen molar-refractivity contribution in [2.75, 3.05) is 13.1 Å². The Labute approximate surface area is 140 Å². The fraction of sp³-hybridized carbons (Fsp3) is 0.467. The molecule has 1 aromatic carbocycles. The molecule has 0 unspecified atom stereocenters. The SMILES string of the molecule is CCCN(CCC)Cc1nnc(-c2cccc(Br)c2)o1.Cl. The Morgan fingerprint density at radius 2 is 1.86 bits per heavy atom. The summed E-state index contributed by atoms with van der Waals surface area (Å²) in [7, 11) is 0. The Balaban J connectivity index is 0.00000220. The summed E-state index contributed by atoms with van der Waals surface area (Å²) in [6.45, 7) is 7.21. The predicted molar refractivity (Wildman–Crippen MR) is 90.5 cm³/mol. The van der Waals surface area contributed by atoms with E-state index >= 15 is 0 Å². The summed E-state index contributed by atoms with van der Waals surface area (Å²) in [5.74, 6) is 1.26. The van der Waals surface area contributed by atoms with E-state index in [0.717, 1.165) is 42.5 Å². The highest BCUT2D eigenvalue weighted by atomic mass is 79.9. The van der Waals surface area contributed by atoms with Gasteiger partial charge in [-0.2, -0.15) is 0 Å². The van der Waals surface area contributed by atoms with Crippen molar-refractivity contribution in [3.8, 4) is 11.5 Å². The minimum atomic E-state index is 0. The Morgan fingerprint density at radius 1 is 1.14 bits per heavy atom. The van der Waals surface area contributed by atoms with Gasteiger partial charge in [-0.05, 0) is 44.1 Å². The highest BCUT2D eigenvalue weighted by molar-refractivity contribution is 9.10. The van der Waals surface area contributed by atoms with Gasteiger partial charge in [0.05, 0.1) is 6.54 Å². The van der Waals surface area contributed by atoms with Crippen LogP contribution < -0.4 is 0 Å². The molecular formula is C15H21BrClN3O. The third kappa shape index (κ3) is 5.41. The van der Waals surface area contributed by atoms with Crippen molar-refractivity contribution in [3.63, 3.8) is 0 Å². The summed E-state index contributed by atoms with van der Waals surface area (Å²) < 4.78 is 6.77. The first-order valence-electron chi connectivity index (χ1n) is 7.03. The van der Waals surface area contributed by atoms with Gasteiger partial charge in [0.25, 0.3) is 0 Å². The van der Waals surface area contributed by atoms with Crippen LogP contribution in [0.15, 0.2) is 33.2 Å². The Morgan fingerprint density at radius 3 is 2.48 bits per heavy atom. The number of benzene rings is 1. The van der Waals surface area contributed by atoms with Gasteiger partial charge >= 0.3 is 0 Å². The highest BCUT2D eigenvalue weighted by Crippen LogP contribution is 2.22. The van der Waals surface area contributed by atoms with Crippen molar-refractivity contribution >= 4 is 28.3 Å². The van der Waals surface area contributed by atoms with Crippen LogP contribution in [0, 0.1) is 0 Å². The largest absolute Gasteiger partial charge is 0.419 e. The van der Waals surface area contributed by atoms with Gasteiger partial charge in [0.1, 0.15) is 0 Å². The van der Waals surface area contributed by atoms with Crippen LogP contribution in [-0.2, 0) is 6.54 Å². The first-order valence-corrected chi connectivity index (χ1v) is 7.83. The summed E-state index contributed by atoms with van der Waals surface area (Å²) >= 11 is 3.45. The van der Waals surface area contributed by atoms with Crippen molar-refractivity contribution in [1.29, 1.82) is 0 Å². The van der Waals surface area contributed by atoms with Gasteiger partial charge in [0.2, 0.25) is 11.8 Å². The van der Waals surface area contributed by atoms with E-state index in [2.05, 4.69) is 44.9 Å². The lowest BCUT2D eigenvalue weighted by atomic mass is 10.2. The normalized spacial score (nSPS) is 10.7.